The maximum absolute atomic E-state index is 12.6. The van der Waals surface area contributed by atoms with Gasteiger partial charge in [-0.15, -0.1) is 0 Å². The summed E-state index contributed by atoms with van der Waals surface area (Å²) in [6, 6.07) is 13.1. The number of likely N-dealkylation sites (tertiary alicyclic amines) is 2. The average molecular weight is 561 g/mol. The third-order valence-electron chi connectivity index (χ3n) is 11.1. The van der Waals surface area contributed by atoms with Crippen molar-refractivity contribution in [2.24, 2.45) is 11.8 Å². The first-order chi connectivity index (χ1) is 20.1. The first kappa shape index (κ1) is 28.9. The van der Waals surface area contributed by atoms with Gasteiger partial charge in [-0.3, -0.25) is 14.4 Å². The first-order valence-electron chi connectivity index (χ1n) is 16.9. The van der Waals surface area contributed by atoms with Crippen molar-refractivity contribution in [2.45, 2.75) is 114 Å². The number of aromatic nitrogens is 2. The van der Waals surface area contributed by atoms with Crippen molar-refractivity contribution in [3.05, 3.63) is 53.3 Å². The lowest BCUT2D eigenvalue weighted by Crippen LogP contribution is -2.46. The third-order valence-corrected chi connectivity index (χ3v) is 11.1. The summed E-state index contributed by atoms with van der Waals surface area (Å²) in [5.74, 6) is 1.83. The molecule has 0 radical (unpaired) electrons. The highest BCUT2D eigenvalue weighted by Crippen LogP contribution is 2.40. The SMILES string of the molecule is CCn1nc(C2CCCCC2)cc1C1CCN(CC2CN(C(C(=O)O)C3CCCCC3)CC2c2ccccc2)CC1. The van der Waals surface area contributed by atoms with Crippen LogP contribution in [-0.2, 0) is 11.3 Å². The zero-order valence-electron chi connectivity index (χ0n) is 25.3. The van der Waals surface area contributed by atoms with Gasteiger partial charge in [0, 0.05) is 49.6 Å². The summed E-state index contributed by atoms with van der Waals surface area (Å²) in [7, 11) is 0. The van der Waals surface area contributed by atoms with Crippen LogP contribution >= 0.6 is 0 Å². The number of hydrogen-bond acceptors (Lipinski definition) is 4. The molecule has 3 atom stereocenters. The summed E-state index contributed by atoms with van der Waals surface area (Å²) in [6.07, 6.45) is 14.9. The molecular weight excluding hydrogens is 508 g/mol. The van der Waals surface area contributed by atoms with Crippen LogP contribution in [0.2, 0.25) is 0 Å². The zero-order chi connectivity index (χ0) is 28.2. The second kappa shape index (κ2) is 13.4. The Morgan fingerprint density at radius 3 is 2.24 bits per heavy atom. The van der Waals surface area contributed by atoms with E-state index in [0.29, 0.717) is 29.6 Å². The summed E-state index contributed by atoms with van der Waals surface area (Å²) in [4.78, 5) is 17.6. The summed E-state index contributed by atoms with van der Waals surface area (Å²) in [5, 5.41) is 15.5. The van der Waals surface area contributed by atoms with Crippen LogP contribution in [-0.4, -0.2) is 69.4 Å². The van der Waals surface area contributed by atoms with Crippen molar-refractivity contribution in [3.63, 3.8) is 0 Å². The van der Waals surface area contributed by atoms with Crippen LogP contribution in [0.5, 0.6) is 0 Å². The highest BCUT2D eigenvalue weighted by molar-refractivity contribution is 5.74. The van der Waals surface area contributed by atoms with Crippen LogP contribution in [0.15, 0.2) is 36.4 Å². The molecule has 2 saturated carbocycles. The summed E-state index contributed by atoms with van der Waals surface area (Å²) < 4.78 is 2.31. The van der Waals surface area contributed by atoms with E-state index in [9.17, 15) is 9.90 Å². The topological polar surface area (TPSA) is 61.6 Å². The van der Waals surface area contributed by atoms with Gasteiger partial charge in [-0.1, -0.05) is 68.9 Å². The third kappa shape index (κ3) is 6.59. The highest BCUT2D eigenvalue weighted by atomic mass is 16.4. The number of piperidine rings is 1. The minimum absolute atomic E-state index is 0.300. The standard InChI is InChI=1S/C35H52N4O2/c1-2-39-33(22-32(36-39)27-14-8-4-9-15-27)28-18-20-37(21-19-28)23-30-24-38(25-31(30)26-12-6-3-7-13-26)34(35(40)41)29-16-10-5-11-17-29/h3,6-7,12-13,22,27-31,34H,2,4-5,8-11,14-21,23-25H2,1H3,(H,40,41). The second-order valence-electron chi connectivity index (χ2n) is 13.6. The van der Waals surface area contributed by atoms with Crippen molar-refractivity contribution in [3.8, 4) is 0 Å². The van der Waals surface area contributed by atoms with Crippen LogP contribution in [0.25, 0.3) is 0 Å². The van der Waals surface area contributed by atoms with E-state index in [1.165, 1.54) is 81.2 Å². The molecule has 41 heavy (non-hydrogen) atoms. The number of rotatable bonds is 9. The largest absolute Gasteiger partial charge is 0.480 e. The van der Waals surface area contributed by atoms with E-state index in [1.807, 2.05) is 0 Å². The van der Waals surface area contributed by atoms with Gasteiger partial charge < -0.3 is 10.0 Å². The first-order valence-corrected chi connectivity index (χ1v) is 16.9. The van der Waals surface area contributed by atoms with E-state index < -0.39 is 5.97 Å². The molecule has 1 aromatic heterocycles. The molecule has 6 rings (SSSR count). The fourth-order valence-electron chi connectivity index (χ4n) is 8.88. The van der Waals surface area contributed by atoms with Crippen LogP contribution in [0.4, 0.5) is 0 Å². The number of nitrogens with zero attached hydrogens (tertiary/aromatic N) is 4. The zero-order valence-corrected chi connectivity index (χ0v) is 25.3. The predicted molar refractivity (Wildman–Crippen MR) is 164 cm³/mol. The van der Waals surface area contributed by atoms with Gasteiger partial charge in [0.2, 0.25) is 0 Å². The maximum atomic E-state index is 12.6. The van der Waals surface area contributed by atoms with Crippen LogP contribution < -0.4 is 0 Å². The Morgan fingerprint density at radius 1 is 0.902 bits per heavy atom. The van der Waals surface area contributed by atoms with Gasteiger partial charge in [0.1, 0.15) is 6.04 Å². The molecule has 3 unspecified atom stereocenters. The van der Waals surface area contributed by atoms with Crippen LogP contribution in [0.1, 0.15) is 119 Å². The summed E-state index contributed by atoms with van der Waals surface area (Å²) in [6.45, 7) is 8.30. The van der Waals surface area contributed by atoms with E-state index in [2.05, 4.69) is 57.8 Å². The second-order valence-corrected chi connectivity index (χ2v) is 13.6. The van der Waals surface area contributed by atoms with Gasteiger partial charge in [0.25, 0.3) is 0 Å². The Bertz CT molecular complexity index is 1110. The number of benzene rings is 1. The molecule has 0 bridgehead atoms. The Labute approximate surface area is 247 Å². The number of carboxylic acids is 1. The minimum Gasteiger partial charge on any atom is -0.480 e. The van der Waals surface area contributed by atoms with Gasteiger partial charge >= 0.3 is 5.97 Å². The molecule has 224 valence electrons. The Morgan fingerprint density at radius 2 is 1.59 bits per heavy atom. The van der Waals surface area contributed by atoms with E-state index in [-0.39, 0.29) is 6.04 Å². The number of hydrogen-bond donors (Lipinski definition) is 1. The Hall–Kier alpha value is -2.18. The molecule has 2 saturated heterocycles. The molecule has 3 heterocycles. The summed E-state index contributed by atoms with van der Waals surface area (Å²) in [5.41, 5.74) is 4.20. The lowest BCUT2D eigenvalue weighted by Gasteiger charge is -2.35. The number of aryl methyl sites for hydroxylation is 1. The lowest BCUT2D eigenvalue weighted by atomic mass is 9.83. The highest BCUT2D eigenvalue weighted by Gasteiger charge is 2.43. The smallest absolute Gasteiger partial charge is 0.321 e. The van der Waals surface area contributed by atoms with Crippen molar-refractivity contribution >= 4 is 5.97 Å². The molecule has 0 spiro atoms. The Balaban J connectivity index is 1.12. The summed E-state index contributed by atoms with van der Waals surface area (Å²) >= 11 is 0. The molecule has 4 fully saturated rings. The van der Waals surface area contributed by atoms with E-state index in [4.69, 9.17) is 5.10 Å². The molecule has 2 aromatic rings. The van der Waals surface area contributed by atoms with Crippen molar-refractivity contribution in [2.75, 3.05) is 32.7 Å². The predicted octanol–water partition coefficient (Wildman–Crippen LogP) is 6.88. The quantitative estimate of drug-likeness (QED) is 0.362. The van der Waals surface area contributed by atoms with Crippen molar-refractivity contribution in [1.82, 2.24) is 19.6 Å². The van der Waals surface area contributed by atoms with Crippen molar-refractivity contribution < 1.29 is 9.90 Å². The molecule has 2 aliphatic heterocycles. The monoisotopic (exact) mass is 560 g/mol. The number of carbonyl (C=O) groups is 1. The van der Waals surface area contributed by atoms with Gasteiger partial charge in [-0.25, -0.2) is 0 Å². The fraction of sp³-hybridized carbons (Fsp3) is 0.714. The lowest BCUT2D eigenvalue weighted by molar-refractivity contribution is -0.145. The molecule has 0 amide bonds. The normalized spacial score (nSPS) is 26.9. The number of carboxylic acid groups (broad SMARTS) is 1. The molecule has 2 aliphatic carbocycles. The van der Waals surface area contributed by atoms with Crippen molar-refractivity contribution in [1.29, 1.82) is 0 Å². The molecule has 1 N–H and O–H groups in total. The van der Waals surface area contributed by atoms with Gasteiger partial charge in [0.05, 0.1) is 5.69 Å². The van der Waals surface area contributed by atoms with Crippen LogP contribution in [0.3, 0.4) is 0 Å². The van der Waals surface area contributed by atoms with E-state index >= 15 is 0 Å². The molecule has 6 nitrogen and oxygen atoms in total. The fourth-order valence-corrected chi connectivity index (χ4v) is 8.88. The van der Waals surface area contributed by atoms with Gasteiger partial charge in [-0.2, -0.15) is 5.10 Å². The minimum atomic E-state index is -0.606. The Kier molecular flexibility index (Phi) is 9.46. The molecule has 6 heteroatoms. The van der Waals surface area contributed by atoms with Crippen LogP contribution in [0, 0.1) is 11.8 Å². The molecule has 4 aliphatic rings. The number of aliphatic carboxylic acids is 1. The van der Waals surface area contributed by atoms with Gasteiger partial charge in [-0.05, 0) is 82.0 Å². The van der Waals surface area contributed by atoms with E-state index in [0.717, 1.165) is 52.1 Å². The molecule has 1 aromatic carbocycles. The van der Waals surface area contributed by atoms with E-state index in [1.54, 1.807) is 0 Å². The maximum Gasteiger partial charge on any atom is 0.321 e. The average Bonchev–Trinajstić information content (AvgIpc) is 3.64. The molecular formula is C35H52N4O2. The van der Waals surface area contributed by atoms with Gasteiger partial charge in [0.15, 0.2) is 0 Å².